The molecule has 4 heteroatoms. The average molecular weight is 295 g/mol. The predicted molar refractivity (Wildman–Crippen MR) is 87.9 cm³/mol. The number of nitrogens with two attached hydrogens (primary N) is 1. The quantitative estimate of drug-likeness (QED) is 0.910. The van der Waals surface area contributed by atoms with E-state index in [1.165, 1.54) is 0 Å². The van der Waals surface area contributed by atoms with Gasteiger partial charge in [0, 0.05) is 17.3 Å². The normalized spacial score (nSPS) is 20.8. The molecule has 2 atom stereocenters. The van der Waals surface area contributed by atoms with Gasteiger partial charge in [-0.3, -0.25) is 4.79 Å². The van der Waals surface area contributed by atoms with Crippen molar-refractivity contribution in [3.05, 3.63) is 59.3 Å². The number of anilines is 1. The first kappa shape index (κ1) is 14.6. The van der Waals surface area contributed by atoms with Crippen LogP contribution in [0.15, 0.2) is 42.5 Å². The lowest BCUT2D eigenvalue weighted by atomic mass is 9.92. The van der Waals surface area contributed by atoms with Crippen molar-refractivity contribution >= 4 is 11.7 Å². The Labute approximate surface area is 130 Å². The largest absolute Gasteiger partial charge is 0.367 e. The van der Waals surface area contributed by atoms with Crippen molar-refractivity contribution in [2.45, 2.75) is 38.1 Å². The maximum atomic E-state index is 11.6. The number of amides is 1. The van der Waals surface area contributed by atoms with Gasteiger partial charge in [0.25, 0.3) is 0 Å². The van der Waals surface area contributed by atoms with Gasteiger partial charge in [-0.05, 0) is 55.9 Å². The summed E-state index contributed by atoms with van der Waals surface area (Å²) in [5, 5.41) is 3.50. The second-order valence-electron chi connectivity index (χ2n) is 5.97. The van der Waals surface area contributed by atoms with E-state index in [4.69, 9.17) is 5.73 Å². The van der Waals surface area contributed by atoms with Crippen molar-refractivity contribution in [2.75, 3.05) is 5.32 Å². The lowest BCUT2D eigenvalue weighted by Gasteiger charge is -2.16. The Balaban J connectivity index is 1.71. The van der Waals surface area contributed by atoms with Gasteiger partial charge in [-0.25, -0.2) is 4.98 Å². The minimum absolute atomic E-state index is 0.340. The summed E-state index contributed by atoms with van der Waals surface area (Å²) >= 11 is 0. The Kier molecular flexibility index (Phi) is 4.09. The van der Waals surface area contributed by atoms with Crippen LogP contribution >= 0.6 is 0 Å². The minimum atomic E-state index is -0.340. The monoisotopic (exact) mass is 295 g/mol. The molecule has 1 fully saturated rings. The van der Waals surface area contributed by atoms with Crippen molar-refractivity contribution in [2.24, 2.45) is 5.73 Å². The number of carbonyl (C=O) groups is 1. The summed E-state index contributed by atoms with van der Waals surface area (Å²) in [4.78, 5) is 16.1. The van der Waals surface area contributed by atoms with Crippen molar-refractivity contribution in [1.82, 2.24) is 4.98 Å². The molecule has 1 aliphatic carbocycles. The van der Waals surface area contributed by atoms with E-state index < -0.39 is 0 Å². The Morgan fingerprint density at radius 1 is 1.18 bits per heavy atom. The molecule has 3 rings (SSSR count). The highest BCUT2D eigenvalue weighted by molar-refractivity contribution is 5.94. The van der Waals surface area contributed by atoms with Crippen LogP contribution in [0.3, 0.4) is 0 Å². The molecule has 1 heterocycles. The fourth-order valence-corrected chi connectivity index (χ4v) is 3.31. The van der Waals surface area contributed by atoms with Crippen LogP contribution in [0.25, 0.3) is 0 Å². The molecule has 0 spiro atoms. The summed E-state index contributed by atoms with van der Waals surface area (Å²) < 4.78 is 0. The molecule has 0 saturated heterocycles. The van der Waals surface area contributed by atoms with Crippen molar-refractivity contribution in [1.29, 1.82) is 0 Å². The highest BCUT2D eigenvalue weighted by Gasteiger charge is 2.28. The number of hydrogen-bond acceptors (Lipinski definition) is 3. The molecule has 1 saturated carbocycles. The van der Waals surface area contributed by atoms with Gasteiger partial charge in [0.05, 0.1) is 0 Å². The number of benzene rings is 1. The summed E-state index contributed by atoms with van der Waals surface area (Å²) in [6.07, 6.45) is 3.14. The van der Waals surface area contributed by atoms with Crippen LogP contribution in [0.1, 0.15) is 46.8 Å². The minimum Gasteiger partial charge on any atom is -0.367 e. The van der Waals surface area contributed by atoms with Crippen LogP contribution < -0.4 is 11.1 Å². The van der Waals surface area contributed by atoms with Crippen LogP contribution in [-0.2, 0) is 0 Å². The van der Waals surface area contributed by atoms with Gasteiger partial charge < -0.3 is 11.1 Å². The molecule has 4 nitrogen and oxygen atoms in total. The van der Waals surface area contributed by atoms with E-state index in [1.54, 1.807) is 0 Å². The SMILES string of the molecule is Cc1cccc(NC2CCC(c3ccccc3C(N)=O)C2)n1. The fourth-order valence-electron chi connectivity index (χ4n) is 3.31. The molecule has 22 heavy (non-hydrogen) atoms. The number of aromatic nitrogens is 1. The zero-order valence-corrected chi connectivity index (χ0v) is 12.8. The molecule has 0 radical (unpaired) electrons. The smallest absolute Gasteiger partial charge is 0.248 e. The summed E-state index contributed by atoms with van der Waals surface area (Å²) in [6, 6.07) is 14.1. The van der Waals surface area contributed by atoms with E-state index in [9.17, 15) is 4.79 Å². The second kappa shape index (κ2) is 6.18. The maximum absolute atomic E-state index is 11.6. The molecule has 1 aromatic carbocycles. The zero-order valence-electron chi connectivity index (χ0n) is 12.8. The number of hydrogen-bond donors (Lipinski definition) is 2. The van der Waals surface area contributed by atoms with Gasteiger partial charge in [-0.15, -0.1) is 0 Å². The predicted octanol–water partition coefficient (Wildman–Crippen LogP) is 3.24. The van der Waals surface area contributed by atoms with Crippen molar-refractivity contribution < 1.29 is 4.79 Å². The molecule has 2 unspecified atom stereocenters. The van der Waals surface area contributed by atoms with Gasteiger partial charge >= 0.3 is 0 Å². The summed E-state index contributed by atoms with van der Waals surface area (Å²) in [5.74, 6) is 0.965. The molecule has 1 amide bonds. The van der Waals surface area contributed by atoms with E-state index in [1.807, 2.05) is 49.4 Å². The lowest BCUT2D eigenvalue weighted by molar-refractivity contribution is 0.0999. The number of nitrogens with zero attached hydrogens (tertiary/aromatic N) is 1. The highest BCUT2D eigenvalue weighted by Crippen LogP contribution is 2.37. The van der Waals surface area contributed by atoms with E-state index in [0.29, 0.717) is 17.5 Å². The Morgan fingerprint density at radius 2 is 2.00 bits per heavy atom. The summed E-state index contributed by atoms with van der Waals surface area (Å²) in [7, 11) is 0. The summed E-state index contributed by atoms with van der Waals surface area (Å²) in [6.45, 7) is 1.99. The first-order valence-corrected chi connectivity index (χ1v) is 7.72. The van der Waals surface area contributed by atoms with Crippen LogP contribution in [0.2, 0.25) is 0 Å². The number of carbonyl (C=O) groups excluding carboxylic acids is 1. The third kappa shape index (κ3) is 3.11. The zero-order chi connectivity index (χ0) is 15.5. The topological polar surface area (TPSA) is 68.0 Å². The van der Waals surface area contributed by atoms with E-state index in [0.717, 1.165) is 36.3 Å². The summed E-state index contributed by atoms with van der Waals surface area (Å²) in [5.41, 5.74) is 8.24. The van der Waals surface area contributed by atoms with Crippen LogP contribution in [0, 0.1) is 6.92 Å². The van der Waals surface area contributed by atoms with Gasteiger partial charge in [0.15, 0.2) is 0 Å². The van der Waals surface area contributed by atoms with Crippen LogP contribution in [-0.4, -0.2) is 16.9 Å². The van der Waals surface area contributed by atoms with E-state index in [2.05, 4.69) is 10.3 Å². The molecule has 1 aromatic heterocycles. The van der Waals surface area contributed by atoms with E-state index >= 15 is 0 Å². The maximum Gasteiger partial charge on any atom is 0.248 e. The van der Waals surface area contributed by atoms with Gasteiger partial charge in [-0.1, -0.05) is 24.3 Å². The molecule has 1 aliphatic rings. The Hall–Kier alpha value is -2.36. The highest BCUT2D eigenvalue weighted by atomic mass is 16.1. The number of pyridine rings is 1. The van der Waals surface area contributed by atoms with Crippen molar-refractivity contribution in [3.8, 4) is 0 Å². The van der Waals surface area contributed by atoms with Crippen LogP contribution in [0.4, 0.5) is 5.82 Å². The molecule has 3 N–H and O–H groups in total. The number of rotatable bonds is 4. The van der Waals surface area contributed by atoms with Gasteiger partial charge in [0.2, 0.25) is 5.91 Å². The second-order valence-corrected chi connectivity index (χ2v) is 5.97. The third-order valence-electron chi connectivity index (χ3n) is 4.34. The van der Waals surface area contributed by atoms with Crippen LogP contribution in [0.5, 0.6) is 0 Å². The average Bonchev–Trinajstić information content (AvgIpc) is 2.95. The molecule has 0 bridgehead atoms. The van der Waals surface area contributed by atoms with Gasteiger partial charge in [0.1, 0.15) is 5.82 Å². The number of nitrogens with one attached hydrogen (secondary N) is 1. The standard InChI is InChI=1S/C18H21N3O/c1-12-5-4-8-17(20-12)21-14-10-9-13(11-14)15-6-2-3-7-16(15)18(19)22/h2-8,13-14H,9-11H2,1H3,(H2,19,22)(H,20,21). The first-order chi connectivity index (χ1) is 10.6. The first-order valence-electron chi connectivity index (χ1n) is 7.72. The van der Waals surface area contributed by atoms with E-state index in [-0.39, 0.29) is 5.91 Å². The molecule has 0 aliphatic heterocycles. The molecule has 2 aromatic rings. The third-order valence-corrected chi connectivity index (χ3v) is 4.34. The fraction of sp³-hybridized carbons (Fsp3) is 0.333. The van der Waals surface area contributed by atoms with Crippen molar-refractivity contribution in [3.63, 3.8) is 0 Å². The molecular formula is C18H21N3O. The Morgan fingerprint density at radius 3 is 2.77 bits per heavy atom. The lowest BCUT2D eigenvalue weighted by Crippen LogP contribution is -2.18. The molecule has 114 valence electrons. The Bertz CT molecular complexity index is 684. The van der Waals surface area contributed by atoms with Gasteiger partial charge in [-0.2, -0.15) is 0 Å². The molecular weight excluding hydrogens is 274 g/mol. The number of primary amides is 1. The number of aryl methyl sites for hydroxylation is 1.